The molecule has 0 aromatic carbocycles. The highest BCUT2D eigenvalue weighted by Crippen LogP contribution is 2.28. The van der Waals surface area contributed by atoms with E-state index in [-0.39, 0.29) is 17.9 Å². The van der Waals surface area contributed by atoms with Gasteiger partial charge in [-0.15, -0.1) is 0 Å². The van der Waals surface area contributed by atoms with Gasteiger partial charge in [0.15, 0.2) is 0 Å². The molecule has 2 heterocycles. The fourth-order valence-electron chi connectivity index (χ4n) is 2.89. The summed E-state index contributed by atoms with van der Waals surface area (Å²) >= 11 is 6.20. The van der Waals surface area contributed by atoms with Crippen LogP contribution < -0.4 is 10.2 Å². The number of nitrogens with one attached hydrogen (secondary N) is 1. The summed E-state index contributed by atoms with van der Waals surface area (Å²) in [5.41, 5.74) is 0. The lowest BCUT2D eigenvalue weighted by atomic mass is 9.84. The molecule has 4 nitrogen and oxygen atoms in total. The Morgan fingerprint density at radius 1 is 1.35 bits per heavy atom. The minimum Gasteiger partial charge on any atom is -0.353 e. The topological polar surface area (TPSA) is 45.2 Å². The third-order valence-electron chi connectivity index (χ3n) is 4.28. The lowest BCUT2D eigenvalue weighted by Gasteiger charge is -2.35. The lowest BCUT2D eigenvalue weighted by molar-refractivity contribution is -0.128. The molecule has 108 valence electrons. The van der Waals surface area contributed by atoms with Crippen LogP contribution in [0.3, 0.4) is 0 Å². The molecule has 1 amide bonds. The molecular formula is C15H20ClN3O. The SMILES string of the molecule is O=C(NC1CCCN(c2ncccc2Cl)C1)C1CCC1. The number of anilines is 1. The molecule has 1 aliphatic heterocycles. The molecule has 1 unspecified atom stereocenters. The van der Waals surface area contributed by atoms with Crippen LogP contribution in [-0.4, -0.2) is 30.0 Å². The molecule has 1 aromatic rings. The number of hydrogen-bond donors (Lipinski definition) is 1. The molecule has 1 saturated heterocycles. The van der Waals surface area contributed by atoms with Crippen molar-refractivity contribution < 1.29 is 4.79 Å². The van der Waals surface area contributed by atoms with E-state index >= 15 is 0 Å². The maximum Gasteiger partial charge on any atom is 0.223 e. The van der Waals surface area contributed by atoms with Crippen molar-refractivity contribution >= 4 is 23.3 Å². The quantitative estimate of drug-likeness (QED) is 0.932. The first-order valence-corrected chi connectivity index (χ1v) is 7.77. The fraction of sp³-hybridized carbons (Fsp3) is 0.600. The smallest absolute Gasteiger partial charge is 0.223 e. The van der Waals surface area contributed by atoms with Gasteiger partial charge in [0.25, 0.3) is 0 Å². The van der Waals surface area contributed by atoms with E-state index in [1.54, 1.807) is 6.20 Å². The second kappa shape index (κ2) is 6.00. The first kappa shape index (κ1) is 13.7. The Morgan fingerprint density at radius 3 is 2.90 bits per heavy atom. The van der Waals surface area contributed by atoms with Crippen LogP contribution in [0.25, 0.3) is 0 Å². The third-order valence-corrected chi connectivity index (χ3v) is 4.58. The van der Waals surface area contributed by atoms with Gasteiger partial charge in [0, 0.05) is 31.2 Å². The molecule has 2 fully saturated rings. The van der Waals surface area contributed by atoms with Gasteiger partial charge in [-0.2, -0.15) is 0 Å². The molecule has 5 heteroatoms. The normalized spacial score (nSPS) is 23.2. The summed E-state index contributed by atoms with van der Waals surface area (Å²) in [6.07, 6.45) is 7.15. The van der Waals surface area contributed by atoms with Crippen LogP contribution in [0.2, 0.25) is 5.02 Å². The van der Waals surface area contributed by atoms with Crippen molar-refractivity contribution in [3.05, 3.63) is 23.4 Å². The first-order valence-electron chi connectivity index (χ1n) is 7.40. The largest absolute Gasteiger partial charge is 0.353 e. The highest BCUT2D eigenvalue weighted by molar-refractivity contribution is 6.32. The summed E-state index contributed by atoms with van der Waals surface area (Å²) in [7, 11) is 0. The van der Waals surface area contributed by atoms with Gasteiger partial charge >= 0.3 is 0 Å². The standard InChI is InChI=1S/C15H20ClN3O/c16-13-7-2-8-17-14(13)19-9-3-6-12(10-19)18-15(20)11-4-1-5-11/h2,7-8,11-12H,1,3-6,9-10H2,(H,18,20). The summed E-state index contributed by atoms with van der Waals surface area (Å²) in [4.78, 5) is 18.6. The predicted molar refractivity (Wildman–Crippen MR) is 80.0 cm³/mol. The van der Waals surface area contributed by atoms with Crippen molar-refractivity contribution in [2.45, 2.75) is 38.1 Å². The molecule has 1 aromatic heterocycles. The number of nitrogens with zero attached hydrogens (tertiary/aromatic N) is 2. The molecule has 3 rings (SSSR count). The summed E-state index contributed by atoms with van der Waals surface area (Å²) in [5.74, 6) is 1.32. The van der Waals surface area contributed by atoms with Gasteiger partial charge in [0.2, 0.25) is 5.91 Å². The summed E-state index contributed by atoms with van der Waals surface area (Å²) in [6, 6.07) is 3.92. The van der Waals surface area contributed by atoms with Crippen LogP contribution in [0.4, 0.5) is 5.82 Å². The molecule has 20 heavy (non-hydrogen) atoms. The molecule has 0 spiro atoms. The minimum atomic E-state index is 0.218. The van der Waals surface area contributed by atoms with Gasteiger partial charge in [-0.05, 0) is 37.8 Å². The molecule has 1 atom stereocenters. The number of halogens is 1. The van der Waals surface area contributed by atoms with Gasteiger partial charge < -0.3 is 10.2 Å². The number of piperidine rings is 1. The monoisotopic (exact) mass is 293 g/mol. The second-order valence-corrected chi connectivity index (χ2v) is 6.14. The van der Waals surface area contributed by atoms with Crippen LogP contribution in [-0.2, 0) is 4.79 Å². The van der Waals surface area contributed by atoms with Gasteiger partial charge in [-0.3, -0.25) is 4.79 Å². The van der Waals surface area contributed by atoms with Crippen molar-refractivity contribution in [3.8, 4) is 0 Å². The highest BCUT2D eigenvalue weighted by Gasteiger charge is 2.29. The van der Waals surface area contributed by atoms with Gasteiger partial charge in [-0.1, -0.05) is 18.0 Å². The first-order chi connectivity index (χ1) is 9.74. The van der Waals surface area contributed by atoms with E-state index in [0.29, 0.717) is 5.02 Å². The van der Waals surface area contributed by atoms with Crippen molar-refractivity contribution in [1.29, 1.82) is 0 Å². The average Bonchev–Trinajstić information content (AvgIpc) is 2.37. The zero-order valence-corrected chi connectivity index (χ0v) is 12.3. The highest BCUT2D eigenvalue weighted by atomic mass is 35.5. The van der Waals surface area contributed by atoms with E-state index in [1.165, 1.54) is 6.42 Å². The Kier molecular flexibility index (Phi) is 4.10. The Labute approximate surface area is 124 Å². The van der Waals surface area contributed by atoms with Gasteiger partial charge in [0.1, 0.15) is 5.82 Å². The van der Waals surface area contributed by atoms with E-state index in [4.69, 9.17) is 11.6 Å². The minimum absolute atomic E-state index is 0.218. The van der Waals surface area contributed by atoms with Crippen LogP contribution in [0.1, 0.15) is 32.1 Å². The van der Waals surface area contributed by atoms with Crippen LogP contribution in [0.5, 0.6) is 0 Å². The summed E-state index contributed by atoms with van der Waals surface area (Å²) in [5, 5.41) is 3.87. The van der Waals surface area contributed by atoms with E-state index in [2.05, 4.69) is 15.2 Å². The van der Waals surface area contributed by atoms with Crippen molar-refractivity contribution in [2.24, 2.45) is 5.92 Å². The summed E-state index contributed by atoms with van der Waals surface area (Å²) in [6.45, 7) is 1.75. The molecule has 0 radical (unpaired) electrons. The Morgan fingerprint density at radius 2 is 2.20 bits per heavy atom. The van der Waals surface area contributed by atoms with Crippen molar-refractivity contribution in [3.63, 3.8) is 0 Å². The third kappa shape index (κ3) is 2.90. The summed E-state index contributed by atoms with van der Waals surface area (Å²) < 4.78 is 0. The Hall–Kier alpha value is -1.29. The molecular weight excluding hydrogens is 274 g/mol. The molecule has 2 aliphatic rings. The second-order valence-electron chi connectivity index (χ2n) is 5.73. The fourth-order valence-corrected chi connectivity index (χ4v) is 3.13. The number of pyridine rings is 1. The number of carbonyl (C=O) groups excluding carboxylic acids is 1. The van der Waals surface area contributed by atoms with Crippen LogP contribution >= 0.6 is 11.6 Å². The van der Waals surface area contributed by atoms with Crippen LogP contribution in [0.15, 0.2) is 18.3 Å². The van der Waals surface area contributed by atoms with Gasteiger partial charge in [0.05, 0.1) is 5.02 Å². The average molecular weight is 294 g/mol. The predicted octanol–water partition coefficient (Wildman–Crippen LogP) is 2.62. The number of hydrogen-bond acceptors (Lipinski definition) is 3. The molecule has 1 aliphatic carbocycles. The number of amides is 1. The Balaban J connectivity index is 1.61. The number of aromatic nitrogens is 1. The van der Waals surface area contributed by atoms with E-state index in [9.17, 15) is 4.79 Å². The van der Waals surface area contributed by atoms with Crippen LogP contribution in [0, 0.1) is 5.92 Å². The van der Waals surface area contributed by atoms with E-state index in [0.717, 1.165) is 44.6 Å². The van der Waals surface area contributed by atoms with Gasteiger partial charge in [-0.25, -0.2) is 4.98 Å². The maximum absolute atomic E-state index is 12.0. The maximum atomic E-state index is 12.0. The van der Waals surface area contributed by atoms with E-state index in [1.807, 2.05) is 12.1 Å². The molecule has 1 saturated carbocycles. The van der Waals surface area contributed by atoms with Crippen molar-refractivity contribution in [2.75, 3.05) is 18.0 Å². The zero-order valence-electron chi connectivity index (χ0n) is 11.5. The van der Waals surface area contributed by atoms with Crippen molar-refractivity contribution in [1.82, 2.24) is 10.3 Å². The molecule has 0 bridgehead atoms. The number of carbonyl (C=O) groups is 1. The number of rotatable bonds is 3. The lowest BCUT2D eigenvalue weighted by Crippen LogP contribution is -2.50. The van der Waals surface area contributed by atoms with E-state index < -0.39 is 0 Å². The zero-order chi connectivity index (χ0) is 13.9. The molecule has 1 N–H and O–H groups in total. The Bertz CT molecular complexity index is 490.